The molecule has 0 rings (SSSR count). The van der Waals surface area contributed by atoms with Crippen LogP contribution in [-0.2, 0) is 18.4 Å². The molecule has 3 N–H and O–H groups in total. The average Bonchev–Trinajstić information content (AvgIpc) is 3.23. The number of amides is 1. The molecule has 0 aromatic rings. The minimum atomic E-state index is -4.36. The van der Waals surface area contributed by atoms with Gasteiger partial charge in [-0.05, 0) is 70.6 Å². The molecule has 9 heteroatoms. The highest BCUT2D eigenvalue weighted by Gasteiger charge is 2.27. The van der Waals surface area contributed by atoms with Gasteiger partial charge >= 0.3 is 7.82 Å². The van der Waals surface area contributed by atoms with Crippen molar-refractivity contribution in [2.24, 2.45) is 0 Å². The number of allylic oxidation sites excluding steroid dienone is 7. The van der Waals surface area contributed by atoms with Crippen molar-refractivity contribution in [2.45, 2.75) is 244 Å². The molecule has 0 radical (unpaired) electrons. The van der Waals surface area contributed by atoms with Gasteiger partial charge in [0, 0.05) is 6.42 Å². The van der Waals surface area contributed by atoms with Crippen molar-refractivity contribution in [1.29, 1.82) is 0 Å². The number of aliphatic hydroxyl groups is 1. The summed E-state index contributed by atoms with van der Waals surface area (Å²) in [4.78, 5) is 23.2. The van der Waals surface area contributed by atoms with Gasteiger partial charge in [-0.1, -0.05) is 204 Å². The van der Waals surface area contributed by atoms with E-state index in [2.05, 4.69) is 55.6 Å². The Balaban J connectivity index is 4.34. The molecule has 1 amide bonds. The highest BCUT2D eigenvalue weighted by molar-refractivity contribution is 7.47. The Morgan fingerprint density at radius 1 is 0.532 bits per heavy atom. The van der Waals surface area contributed by atoms with Gasteiger partial charge in [-0.25, -0.2) is 4.57 Å². The molecule has 0 aliphatic carbocycles. The first kappa shape index (κ1) is 60.5. The first-order chi connectivity index (χ1) is 30.0. The number of hydrogen-bond acceptors (Lipinski definition) is 5. The van der Waals surface area contributed by atoms with Crippen LogP contribution in [0.2, 0.25) is 0 Å². The van der Waals surface area contributed by atoms with E-state index in [4.69, 9.17) is 9.05 Å². The number of nitrogens with zero attached hydrogens (tertiary/aromatic N) is 1. The maximum atomic E-state index is 12.9. The molecule has 0 aliphatic rings. The summed E-state index contributed by atoms with van der Waals surface area (Å²) in [5.41, 5.74) is 0. The summed E-state index contributed by atoms with van der Waals surface area (Å²) in [6.45, 7) is 4.79. The van der Waals surface area contributed by atoms with E-state index in [9.17, 15) is 19.4 Å². The molecule has 0 saturated heterocycles. The van der Waals surface area contributed by atoms with Crippen molar-refractivity contribution in [1.82, 2.24) is 5.32 Å². The molecular weight excluding hydrogens is 792 g/mol. The highest BCUT2D eigenvalue weighted by Crippen LogP contribution is 2.43. The lowest BCUT2D eigenvalue weighted by Crippen LogP contribution is -2.45. The number of carbonyl (C=O) groups excluding carboxylic acids is 1. The first-order valence-electron chi connectivity index (χ1n) is 26.0. The lowest BCUT2D eigenvalue weighted by Gasteiger charge is -2.25. The third-order valence-corrected chi connectivity index (χ3v) is 12.5. The molecule has 0 bridgehead atoms. The fraction of sp³-hybridized carbons (Fsp3) is 0.830. The molecule has 0 spiro atoms. The molecule has 62 heavy (non-hydrogen) atoms. The second kappa shape index (κ2) is 44.7. The van der Waals surface area contributed by atoms with E-state index in [0.717, 1.165) is 44.9 Å². The fourth-order valence-electron chi connectivity index (χ4n) is 7.36. The van der Waals surface area contributed by atoms with Gasteiger partial charge < -0.3 is 19.8 Å². The summed E-state index contributed by atoms with van der Waals surface area (Å²) in [7, 11) is 1.54. The minimum Gasteiger partial charge on any atom is -0.387 e. The third kappa shape index (κ3) is 46.5. The van der Waals surface area contributed by atoms with Crippen LogP contribution in [0.3, 0.4) is 0 Å². The zero-order valence-corrected chi connectivity index (χ0v) is 42.3. The zero-order valence-electron chi connectivity index (χ0n) is 41.4. The van der Waals surface area contributed by atoms with Gasteiger partial charge in [0.25, 0.3) is 0 Å². The number of quaternary nitrogens is 1. The normalized spacial score (nSPS) is 14.5. The van der Waals surface area contributed by atoms with Gasteiger partial charge in [0.05, 0.1) is 39.9 Å². The predicted octanol–water partition coefficient (Wildman–Crippen LogP) is 15.2. The fourth-order valence-corrected chi connectivity index (χ4v) is 8.10. The Morgan fingerprint density at radius 2 is 0.887 bits per heavy atom. The zero-order chi connectivity index (χ0) is 45.7. The van der Waals surface area contributed by atoms with E-state index >= 15 is 0 Å². The molecule has 0 aromatic heterocycles. The second-order valence-electron chi connectivity index (χ2n) is 18.9. The first-order valence-corrected chi connectivity index (χ1v) is 27.5. The van der Waals surface area contributed by atoms with Crippen molar-refractivity contribution >= 4 is 13.7 Å². The van der Waals surface area contributed by atoms with Gasteiger partial charge in [-0.15, -0.1) is 0 Å². The lowest BCUT2D eigenvalue weighted by molar-refractivity contribution is -0.870. The van der Waals surface area contributed by atoms with Crippen molar-refractivity contribution in [3.05, 3.63) is 48.6 Å². The topological polar surface area (TPSA) is 105 Å². The van der Waals surface area contributed by atoms with E-state index in [1.54, 1.807) is 6.08 Å². The van der Waals surface area contributed by atoms with E-state index in [0.29, 0.717) is 17.4 Å². The summed E-state index contributed by atoms with van der Waals surface area (Å²) < 4.78 is 23.6. The molecule has 364 valence electrons. The maximum absolute atomic E-state index is 12.9. The van der Waals surface area contributed by atoms with Crippen LogP contribution in [0.1, 0.15) is 232 Å². The number of unbranched alkanes of at least 4 members (excludes halogenated alkanes) is 28. The van der Waals surface area contributed by atoms with E-state index in [-0.39, 0.29) is 19.1 Å². The summed E-state index contributed by atoms with van der Waals surface area (Å²) in [6.07, 6.45) is 57.7. The molecule has 8 nitrogen and oxygen atoms in total. The average molecular weight is 894 g/mol. The minimum absolute atomic E-state index is 0.0520. The Kier molecular flexibility index (Phi) is 43.5. The predicted molar refractivity (Wildman–Crippen MR) is 267 cm³/mol. The number of rotatable bonds is 47. The van der Waals surface area contributed by atoms with Crippen molar-refractivity contribution in [3.63, 3.8) is 0 Å². The third-order valence-electron chi connectivity index (χ3n) is 11.5. The smallest absolute Gasteiger partial charge is 0.387 e. The summed E-state index contributed by atoms with van der Waals surface area (Å²) >= 11 is 0. The summed E-state index contributed by atoms with van der Waals surface area (Å²) in [5, 5.41) is 13.9. The molecule has 3 atom stereocenters. The largest absolute Gasteiger partial charge is 0.472 e. The Morgan fingerprint density at radius 3 is 1.29 bits per heavy atom. The van der Waals surface area contributed by atoms with Crippen LogP contribution >= 0.6 is 7.82 Å². The summed E-state index contributed by atoms with van der Waals surface area (Å²) in [5.74, 6) is -0.195. The number of aliphatic hydroxyl groups excluding tert-OH is 1. The van der Waals surface area contributed by atoms with Crippen LogP contribution < -0.4 is 5.32 Å². The Hall–Kier alpha value is -1.54. The van der Waals surface area contributed by atoms with Crippen LogP contribution in [0.15, 0.2) is 48.6 Å². The number of phosphoric acid groups is 1. The number of phosphoric ester groups is 1. The number of hydrogen-bond donors (Lipinski definition) is 3. The van der Waals surface area contributed by atoms with Gasteiger partial charge in [-0.3, -0.25) is 13.8 Å². The molecule has 0 saturated carbocycles. The van der Waals surface area contributed by atoms with Gasteiger partial charge in [0.2, 0.25) is 5.91 Å². The number of likely N-dealkylation sites (N-methyl/N-ethyl adjacent to an activating group) is 1. The standard InChI is InChI=1S/C53H101N2O6P/c1-6-8-10-12-14-16-18-20-22-24-25-26-27-28-29-31-33-35-37-39-41-43-45-47-53(57)54-51(50-61-62(58,59)60-49-48-55(3,4)5)52(56)46-44-42-40-38-36-34-32-30-23-21-19-17-15-13-11-9-7-2/h23,28-30,36,38,44,46,51-52,56H,6-22,24-27,31-35,37,39-43,45,47-50H2,1-5H3,(H-,54,57,58,59)/p+1/b29-28-,30-23+,38-36+,46-44+. The van der Waals surface area contributed by atoms with Crippen LogP contribution in [0.5, 0.6) is 0 Å². The van der Waals surface area contributed by atoms with E-state index in [1.165, 1.54) is 167 Å². The molecule has 3 unspecified atom stereocenters. The SMILES string of the molecule is CCCCCCCCC/C=C/CC/C=C/CC/C=C/C(O)C(COP(=O)(O)OCC[N+](C)(C)C)NC(=O)CCCCCCCCC/C=C\CCCCCCCCCCCCCC. The van der Waals surface area contributed by atoms with Crippen molar-refractivity contribution in [2.75, 3.05) is 40.9 Å². The highest BCUT2D eigenvalue weighted by atomic mass is 31.2. The number of nitrogens with one attached hydrogen (secondary N) is 1. The van der Waals surface area contributed by atoms with Crippen LogP contribution in [0.25, 0.3) is 0 Å². The van der Waals surface area contributed by atoms with Crippen molar-refractivity contribution in [3.8, 4) is 0 Å². The molecule has 0 fully saturated rings. The van der Waals surface area contributed by atoms with Gasteiger partial charge in [0.1, 0.15) is 13.2 Å². The van der Waals surface area contributed by atoms with Crippen LogP contribution in [0, 0.1) is 0 Å². The van der Waals surface area contributed by atoms with Gasteiger partial charge in [-0.2, -0.15) is 0 Å². The lowest BCUT2D eigenvalue weighted by atomic mass is 10.0. The quantitative estimate of drug-likeness (QED) is 0.0243. The molecular formula is C53H102N2O6P+. The van der Waals surface area contributed by atoms with Crippen molar-refractivity contribution < 1.29 is 32.9 Å². The van der Waals surface area contributed by atoms with Gasteiger partial charge in [0.15, 0.2) is 0 Å². The van der Waals surface area contributed by atoms with E-state index < -0.39 is 20.0 Å². The van der Waals surface area contributed by atoms with Crippen LogP contribution in [0.4, 0.5) is 0 Å². The second-order valence-corrected chi connectivity index (χ2v) is 20.3. The van der Waals surface area contributed by atoms with E-state index in [1.807, 2.05) is 27.2 Å². The Bertz CT molecular complexity index is 1150. The summed E-state index contributed by atoms with van der Waals surface area (Å²) in [6, 6.07) is -0.872. The Labute approximate surface area is 384 Å². The molecule has 0 aliphatic heterocycles. The molecule has 0 heterocycles. The maximum Gasteiger partial charge on any atom is 0.472 e. The monoisotopic (exact) mass is 894 g/mol. The van der Waals surface area contributed by atoms with Crippen LogP contribution in [-0.4, -0.2) is 73.4 Å². The molecule has 0 aromatic carbocycles. The number of carbonyl (C=O) groups is 1.